The van der Waals surface area contributed by atoms with Gasteiger partial charge in [-0.15, -0.1) is 0 Å². The van der Waals surface area contributed by atoms with E-state index in [0.717, 1.165) is 53.1 Å². The van der Waals surface area contributed by atoms with E-state index in [1.54, 1.807) is 4.68 Å². The van der Waals surface area contributed by atoms with Gasteiger partial charge in [-0.1, -0.05) is 61.4 Å². The molecule has 2 aliphatic rings. The Morgan fingerprint density at radius 1 is 0.909 bits per heavy atom. The number of fused-ring (bicyclic) bond motifs is 1. The predicted molar refractivity (Wildman–Crippen MR) is 123 cm³/mol. The van der Waals surface area contributed by atoms with Crippen LogP contribution in [0.5, 0.6) is 0 Å². The summed E-state index contributed by atoms with van der Waals surface area (Å²) in [5, 5.41) is 7.64. The van der Waals surface area contributed by atoms with E-state index in [9.17, 15) is 14.4 Å². The molecule has 7 heteroatoms. The van der Waals surface area contributed by atoms with Gasteiger partial charge in [-0.05, 0) is 25.0 Å². The summed E-state index contributed by atoms with van der Waals surface area (Å²) in [4.78, 5) is 39.2. The molecule has 0 spiro atoms. The molecule has 33 heavy (non-hydrogen) atoms. The van der Waals surface area contributed by atoms with E-state index in [0.29, 0.717) is 0 Å². The van der Waals surface area contributed by atoms with Gasteiger partial charge in [-0.25, -0.2) is 4.68 Å². The molecule has 2 atom stereocenters. The molecule has 7 nitrogen and oxygen atoms in total. The topological polar surface area (TPSA) is 84.3 Å². The van der Waals surface area contributed by atoms with Gasteiger partial charge in [0, 0.05) is 23.9 Å². The Bertz CT molecular complexity index is 1150. The number of hydrogen-bond acceptors (Lipinski definition) is 4. The third-order valence-corrected chi connectivity index (χ3v) is 6.57. The van der Waals surface area contributed by atoms with Crippen LogP contribution in [-0.4, -0.2) is 38.9 Å². The van der Waals surface area contributed by atoms with Gasteiger partial charge in [0.05, 0.1) is 23.2 Å². The number of rotatable bonds is 6. The number of carbonyl (C=O) groups excluding carboxylic acids is 3. The maximum atomic E-state index is 12.7. The van der Waals surface area contributed by atoms with Crippen LogP contribution in [0.25, 0.3) is 16.9 Å². The first-order valence-electron chi connectivity index (χ1n) is 11.4. The monoisotopic (exact) mass is 442 g/mol. The molecule has 1 aliphatic heterocycles. The Morgan fingerprint density at radius 2 is 1.52 bits per heavy atom. The Labute approximate surface area is 192 Å². The maximum Gasteiger partial charge on any atom is 0.240 e. The molecule has 1 aliphatic carbocycles. The minimum Gasteiger partial charge on any atom is -0.350 e. The molecule has 2 aromatic carbocycles. The van der Waals surface area contributed by atoms with Gasteiger partial charge in [0.15, 0.2) is 0 Å². The number of imide groups is 1. The highest BCUT2D eigenvalue weighted by atomic mass is 16.2. The molecule has 5 rings (SSSR count). The zero-order valence-corrected chi connectivity index (χ0v) is 18.3. The summed E-state index contributed by atoms with van der Waals surface area (Å²) in [5.41, 5.74) is 3.50. The fraction of sp³-hybridized carbons (Fsp3) is 0.308. The molecule has 2 fully saturated rings. The fourth-order valence-corrected chi connectivity index (χ4v) is 4.87. The first kappa shape index (κ1) is 21.1. The molecule has 3 aromatic rings. The maximum absolute atomic E-state index is 12.7. The Kier molecular flexibility index (Phi) is 5.77. The van der Waals surface area contributed by atoms with Crippen LogP contribution >= 0.6 is 0 Å². The van der Waals surface area contributed by atoms with Crippen molar-refractivity contribution in [2.24, 2.45) is 11.8 Å². The number of hydrogen-bond donors (Lipinski definition) is 1. The van der Waals surface area contributed by atoms with Crippen molar-refractivity contribution in [3.63, 3.8) is 0 Å². The van der Waals surface area contributed by atoms with Gasteiger partial charge >= 0.3 is 0 Å². The van der Waals surface area contributed by atoms with E-state index in [-0.39, 0.29) is 42.6 Å². The van der Waals surface area contributed by atoms with Gasteiger partial charge in [-0.3, -0.25) is 19.3 Å². The van der Waals surface area contributed by atoms with Gasteiger partial charge in [0.25, 0.3) is 0 Å². The van der Waals surface area contributed by atoms with E-state index in [1.165, 1.54) is 0 Å². The standard InChI is InChI=1S/C26H26N4O3/c31-23(17-29-25(32)21-13-7-8-14-22(21)26(29)33)27-15-19-16-30(20-11-5-2-6-12-20)28-24(19)18-9-3-1-4-10-18/h1-6,9-12,16,21-22H,7-8,13-15,17H2,(H,27,31). The summed E-state index contributed by atoms with van der Waals surface area (Å²) in [6.45, 7) is 0.0249. The van der Waals surface area contributed by atoms with Crippen LogP contribution in [0.1, 0.15) is 31.2 Å². The van der Waals surface area contributed by atoms with E-state index in [1.807, 2.05) is 66.9 Å². The first-order chi connectivity index (χ1) is 16.1. The van der Waals surface area contributed by atoms with Crippen molar-refractivity contribution in [2.75, 3.05) is 6.54 Å². The molecule has 1 saturated heterocycles. The molecule has 1 saturated carbocycles. The summed E-state index contributed by atoms with van der Waals surface area (Å²) >= 11 is 0. The van der Waals surface area contributed by atoms with Crippen molar-refractivity contribution in [1.82, 2.24) is 20.0 Å². The summed E-state index contributed by atoms with van der Waals surface area (Å²) in [6.07, 6.45) is 5.32. The quantitative estimate of drug-likeness (QED) is 0.594. The van der Waals surface area contributed by atoms with Gasteiger partial charge in [-0.2, -0.15) is 5.10 Å². The third-order valence-electron chi connectivity index (χ3n) is 6.57. The van der Waals surface area contributed by atoms with Crippen molar-refractivity contribution >= 4 is 17.7 Å². The Balaban J connectivity index is 1.32. The van der Waals surface area contributed by atoms with Crippen LogP contribution < -0.4 is 5.32 Å². The van der Waals surface area contributed by atoms with Crippen LogP contribution in [0.3, 0.4) is 0 Å². The van der Waals surface area contributed by atoms with Crippen molar-refractivity contribution in [3.05, 3.63) is 72.4 Å². The lowest BCUT2D eigenvalue weighted by atomic mass is 9.81. The zero-order valence-electron chi connectivity index (χ0n) is 18.3. The molecule has 168 valence electrons. The summed E-state index contributed by atoms with van der Waals surface area (Å²) in [5.74, 6) is -1.22. The molecule has 2 heterocycles. The number of nitrogens with one attached hydrogen (secondary N) is 1. The molecule has 1 N–H and O–H groups in total. The summed E-state index contributed by atoms with van der Waals surface area (Å²) in [6, 6.07) is 19.6. The molecule has 3 amide bonds. The number of benzene rings is 2. The number of para-hydroxylation sites is 1. The summed E-state index contributed by atoms with van der Waals surface area (Å²) < 4.78 is 1.79. The molecule has 1 aromatic heterocycles. The van der Waals surface area contributed by atoms with E-state index in [4.69, 9.17) is 5.10 Å². The number of carbonyl (C=O) groups is 3. The summed E-state index contributed by atoms with van der Waals surface area (Å²) in [7, 11) is 0. The van der Waals surface area contributed by atoms with Crippen LogP contribution in [0.2, 0.25) is 0 Å². The SMILES string of the molecule is O=C(CN1C(=O)C2CCCCC2C1=O)NCc1cn(-c2ccccc2)nc1-c1ccccc1. The van der Waals surface area contributed by atoms with Crippen LogP contribution in [0, 0.1) is 11.8 Å². The molecule has 0 bridgehead atoms. The Hall–Kier alpha value is -3.74. The van der Waals surface area contributed by atoms with Crippen molar-refractivity contribution < 1.29 is 14.4 Å². The normalized spacial score (nSPS) is 20.1. The van der Waals surface area contributed by atoms with E-state index in [2.05, 4.69) is 5.32 Å². The Morgan fingerprint density at radius 3 is 2.15 bits per heavy atom. The van der Waals surface area contributed by atoms with Crippen LogP contribution in [-0.2, 0) is 20.9 Å². The number of aromatic nitrogens is 2. The second-order valence-corrected chi connectivity index (χ2v) is 8.69. The lowest BCUT2D eigenvalue weighted by molar-refractivity contribution is -0.143. The third kappa shape index (κ3) is 4.18. The average Bonchev–Trinajstić information content (AvgIpc) is 3.40. The van der Waals surface area contributed by atoms with E-state index >= 15 is 0 Å². The van der Waals surface area contributed by atoms with Crippen LogP contribution in [0.4, 0.5) is 0 Å². The highest BCUT2D eigenvalue weighted by molar-refractivity contribution is 6.07. The van der Waals surface area contributed by atoms with Gasteiger partial charge in [0.2, 0.25) is 17.7 Å². The van der Waals surface area contributed by atoms with E-state index < -0.39 is 0 Å². The van der Waals surface area contributed by atoms with Crippen molar-refractivity contribution in [3.8, 4) is 16.9 Å². The number of amides is 3. The zero-order chi connectivity index (χ0) is 22.8. The second-order valence-electron chi connectivity index (χ2n) is 8.69. The minimum atomic E-state index is -0.346. The molecule has 2 unspecified atom stereocenters. The first-order valence-corrected chi connectivity index (χ1v) is 11.4. The minimum absolute atomic E-state index is 0.193. The fourth-order valence-electron chi connectivity index (χ4n) is 4.87. The van der Waals surface area contributed by atoms with Gasteiger partial charge in [0.1, 0.15) is 6.54 Å². The average molecular weight is 443 g/mol. The van der Waals surface area contributed by atoms with Crippen LogP contribution in [0.15, 0.2) is 66.9 Å². The molecular weight excluding hydrogens is 416 g/mol. The number of nitrogens with zero attached hydrogens (tertiary/aromatic N) is 3. The lowest BCUT2D eigenvalue weighted by Gasteiger charge is -2.19. The van der Waals surface area contributed by atoms with Gasteiger partial charge < -0.3 is 5.32 Å². The molecular formula is C26H26N4O3. The highest BCUT2D eigenvalue weighted by Crippen LogP contribution is 2.37. The second kappa shape index (κ2) is 9.02. The molecule has 0 radical (unpaired) electrons. The predicted octanol–water partition coefficient (Wildman–Crippen LogP) is 3.33. The van der Waals surface area contributed by atoms with Crippen molar-refractivity contribution in [2.45, 2.75) is 32.2 Å². The highest BCUT2D eigenvalue weighted by Gasteiger charge is 2.48. The smallest absolute Gasteiger partial charge is 0.240 e. The van der Waals surface area contributed by atoms with Crippen molar-refractivity contribution in [1.29, 1.82) is 0 Å². The number of likely N-dealkylation sites (tertiary alicyclic amines) is 1. The lowest BCUT2D eigenvalue weighted by Crippen LogP contribution is -2.40. The largest absolute Gasteiger partial charge is 0.350 e.